The maximum absolute atomic E-state index is 12.1. The highest BCUT2D eigenvalue weighted by Gasteiger charge is 2.42. The predicted octanol–water partition coefficient (Wildman–Crippen LogP) is 5.10. The fourth-order valence-corrected chi connectivity index (χ4v) is 5.37. The second kappa shape index (κ2) is 6.44. The van der Waals surface area contributed by atoms with Crippen LogP contribution in [0.2, 0.25) is 0 Å². The Labute approximate surface area is 162 Å². The minimum Gasteiger partial charge on any atom is -0.295 e. The van der Waals surface area contributed by atoms with Crippen molar-refractivity contribution >= 4 is 11.6 Å². The summed E-state index contributed by atoms with van der Waals surface area (Å²) < 4.78 is 0. The highest BCUT2D eigenvalue weighted by molar-refractivity contribution is 5.96. The third-order valence-electron chi connectivity index (χ3n) is 6.63. The van der Waals surface area contributed by atoms with Crippen molar-refractivity contribution in [1.29, 1.82) is 0 Å². The Morgan fingerprint density at radius 2 is 1.04 bits per heavy atom. The molecule has 2 nitrogen and oxygen atoms in total. The highest BCUT2D eigenvalue weighted by Crippen LogP contribution is 2.48. The first kappa shape index (κ1) is 18.2. The first-order valence-corrected chi connectivity index (χ1v) is 10.2. The average Bonchev–Trinajstić information content (AvgIpc) is 3.15. The van der Waals surface area contributed by atoms with Gasteiger partial charge in [0.25, 0.3) is 0 Å². The van der Waals surface area contributed by atoms with Crippen LogP contribution in [-0.2, 0) is 38.5 Å². The van der Waals surface area contributed by atoms with Crippen LogP contribution in [0.3, 0.4) is 0 Å². The fourth-order valence-electron chi connectivity index (χ4n) is 5.37. The number of fused-ring (bicyclic) bond motifs is 2. The van der Waals surface area contributed by atoms with Crippen LogP contribution in [0.4, 0.5) is 0 Å². The number of carbonyl (C=O) groups excluding carboxylic acids is 2. The molecule has 1 spiro atoms. The van der Waals surface area contributed by atoms with Gasteiger partial charge in [-0.15, -0.1) is 0 Å². The summed E-state index contributed by atoms with van der Waals surface area (Å²) in [7, 11) is 0. The summed E-state index contributed by atoms with van der Waals surface area (Å²) in [4.78, 5) is 24.1. The van der Waals surface area contributed by atoms with E-state index >= 15 is 0 Å². The van der Waals surface area contributed by atoms with E-state index in [1.165, 1.54) is 33.4 Å². The number of rotatable bonds is 4. The number of ketones is 2. The Morgan fingerprint density at radius 3 is 1.33 bits per heavy atom. The molecule has 0 bridgehead atoms. The van der Waals surface area contributed by atoms with Gasteiger partial charge in [-0.2, -0.15) is 0 Å². The quantitative estimate of drug-likeness (QED) is 0.711. The molecule has 2 aromatic carbocycles. The Kier molecular flexibility index (Phi) is 4.33. The standard InChI is InChI=1S/C25H28O2/c1-5-17-7-19-11-25(13-21(19)9-23(17)15(3)26)12-20-8-18(6-2)24(16(4)27)10-22(20)14-25/h7-10H,5-6,11-14H2,1-4H3. The number of carbonyl (C=O) groups is 2. The van der Waals surface area contributed by atoms with Crippen molar-refractivity contribution in [2.24, 2.45) is 5.41 Å². The van der Waals surface area contributed by atoms with Crippen LogP contribution in [0.1, 0.15) is 81.8 Å². The fraction of sp³-hybridized carbons (Fsp3) is 0.440. The molecule has 0 aliphatic heterocycles. The lowest BCUT2D eigenvalue weighted by Gasteiger charge is -2.21. The van der Waals surface area contributed by atoms with Crippen molar-refractivity contribution in [3.8, 4) is 0 Å². The predicted molar refractivity (Wildman–Crippen MR) is 109 cm³/mol. The minimum absolute atomic E-state index is 0.170. The number of aryl methyl sites for hydroxylation is 2. The van der Waals surface area contributed by atoms with Crippen molar-refractivity contribution in [3.05, 3.63) is 68.8 Å². The van der Waals surface area contributed by atoms with Crippen LogP contribution >= 0.6 is 0 Å². The maximum Gasteiger partial charge on any atom is 0.160 e. The van der Waals surface area contributed by atoms with Crippen LogP contribution in [0.25, 0.3) is 0 Å². The van der Waals surface area contributed by atoms with Gasteiger partial charge in [0.05, 0.1) is 0 Å². The molecule has 0 saturated heterocycles. The van der Waals surface area contributed by atoms with E-state index < -0.39 is 0 Å². The molecule has 0 radical (unpaired) electrons. The zero-order valence-corrected chi connectivity index (χ0v) is 16.9. The third-order valence-corrected chi connectivity index (χ3v) is 6.63. The molecule has 2 aliphatic carbocycles. The molecular formula is C25H28O2. The van der Waals surface area contributed by atoms with Gasteiger partial charge >= 0.3 is 0 Å². The van der Waals surface area contributed by atoms with Gasteiger partial charge in [0.2, 0.25) is 0 Å². The summed E-state index contributed by atoms with van der Waals surface area (Å²) in [6, 6.07) is 8.88. The van der Waals surface area contributed by atoms with E-state index in [0.29, 0.717) is 0 Å². The van der Waals surface area contributed by atoms with Crippen LogP contribution in [-0.4, -0.2) is 11.6 Å². The number of Topliss-reactive ketones (excluding diaryl/α,β-unsaturated/α-hetero) is 2. The SMILES string of the molecule is CCc1cc2c(cc1C(C)=O)CC1(C2)Cc2cc(CC)c(C(C)=O)cc2C1. The van der Waals surface area contributed by atoms with Crippen LogP contribution < -0.4 is 0 Å². The number of hydrogen-bond acceptors (Lipinski definition) is 2. The Balaban J connectivity index is 1.70. The molecule has 0 heterocycles. The third kappa shape index (κ3) is 2.96. The van der Waals surface area contributed by atoms with Gasteiger partial charge < -0.3 is 0 Å². The van der Waals surface area contributed by atoms with Crippen molar-refractivity contribution < 1.29 is 9.59 Å². The van der Waals surface area contributed by atoms with Crippen molar-refractivity contribution in [1.82, 2.24) is 0 Å². The summed E-state index contributed by atoms with van der Waals surface area (Å²) in [6.07, 6.45) is 6.04. The molecule has 2 aliphatic rings. The second-order valence-electron chi connectivity index (χ2n) is 8.58. The van der Waals surface area contributed by atoms with Gasteiger partial charge in [-0.05, 0) is 103 Å². The summed E-state index contributed by atoms with van der Waals surface area (Å²) in [5.41, 5.74) is 9.94. The molecule has 0 fully saturated rings. The molecule has 0 aromatic heterocycles. The van der Waals surface area contributed by atoms with Gasteiger partial charge in [0.1, 0.15) is 0 Å². The zero-order chi connectivity index (χ0) is 19.3. The first-order valence-electron chi connectivity index (χ1n) is 10.2. The molecule has 2 heteroatoms. The molecule has 2 aromatic rings. The normalized spacial score (nSPS) is 16.4. The number of benzene rings is 2. The molecule has 140 valence electrons. The molecule has 0 amide bonds. The summed E-state index contributed by atoms with van der Waals surface area (Å²) in [5.74, 6) is 0.341. The van der Waals surface area contributed by atoms with E-state index in [-0.39, 0.29) is 17.0 Å². The molecule has 27 heavy (non-hydrogen) atoms. The smallest absolute Gasteiger partial charge is 0.160 e. The van der Waals surface area contributed by atoms with E-state index in [1.807, 2.05) is 0 Å². The topological polar surface area (TPSA) is 34.1 Å². The van der Waals surface area contributed by atoms with Crippen LogP contribution in [0, 0.1) is 5.41 Å². The van der Waals surface area contributed by atoms with Crippen LogP contribution in [0.5, 0.6) is 0 Å². The molecule has 0 unspecified atom stereocenters. The summed E-state index contributed by atoms with van der Waals surface area (Å²) in [6.45, 7) is 7.60. The van der Waals surface area contributed by atoms with E-state index in [1.54, 1.807) is 13.8 Å². The van der Waals surface area contributed by atoms with Gasteiger partial charge in [-0.1, -0.05) is 26.0 Å². The van der Waals surface area contributed by atoms with Gasteiger partial charge in [-0.3, -0.25) is 9.59 Å². The lowest BCUT2D eigenvalue weighted by atomic mass is 9.82. The molecule has 0 saturated carbocycles. The largest absolute Gasteiger partial charge is 0.295 e. The van der Waals surface area contributed by atoms with E-state index in [4.69, 9.17) is 0 Å². The van der Waals surface area contributed by atoms with Crippen molar-refractivity contribution in [2.75, 3.05) is 0 Å². The van der Waals surface area contributed by atoms with Crippen molar-refractivity contribution in [2.45, 2.75) is 66.2 Å². The highest BCUT2D eigenvalue weighted by atomic mass is 16.1. The minimum atomic E-state index is 0.170. The second-order valence-corrected chi connectivity index (χ2v) is 8.58. The average molecular weight is 360 g/mol. The maximum atomic E-state index is 12.1. The Bertz CT molecular complexity index is 885. The van der Waals surface area contributed by atoms with Gasteiger partial charge in [0.15, 0.2) is 11.6 Å². The first-order chi connectivity index (χ1) is 12.9. The van der Waals surface area contributed by atoms with E-state index in [0.717, 1.165) is 49.7 Å². The Morgan fingerprint density at radius 1 is 0.704 bits per heavy atom. The Hall–Kier alpha value is -2.22. The van der Waals surface area contributed by atoms with Crippen LogP contribution in [0.15, 0.2) is 24.3 Å². The molecular weight excluding hydrogens is 332 g/mol. The summed E-state index contributed by atoms with van der Waals surface area (Å²) in [5, 5.41) is 0. The van der Waals surface area contributed by atoms with Crippen molar-refractivity contribution in [3.63, 3.8) is 0 Å². The monoisotopic (exact) mass is 360 g/mol. The summed E-state index contributed by atoms with van der Waals surface area (Å²) >= 11 is 0. The lowest BCUT2D eigenvalue weighted by molar-refractivity contribution is 0.100. The zero-order valence-electron chi connectivity index (χ0n) is 16.9. The van der Waals surface area contributed by atoms with Gasteiger partial charge in [-0.25, -0.2) is 0 Å². The molecule has 0 N–H and O–H groups in total. The lowest BCUT2D eigenvalue weighted by Crippen LogP contribution is -2.21. The van der Waals surface area contributed by atoms with Gasteiger partial charge in [0, 0.05) is 11.1 Å². The molecule has 0 atom stereocenters. The van der Waals surface area contributed by atoms with E-state index in [2.05, 4.69) is 38.1 Å². The molecule has 4 rings (SSSR count). The number of hydrogen-bond donors (Lipinski definition) is 0. The van der Waals surface area contributed by atoms with E-state index in [9.17, 15) is 9.59 Å².